The van der Waals surface area contributed by atoms with Crippen molar-refractivity contribution in [3.63, 3.8) is 0 Å². The Kier molecular flexibility index (Phi) is 5.67. The highest BCUT2D eigenvalue weighted by Crippen LogP contribution is 2.45. The number of hydrogen-bond donors (Lipinski definition) is 1. The third-order valence-electron chi connectivity index (χ3n) is 6.91. The largest absolute Gasteiger partial charge is 0.453 e. The van der Waals surface area contributed by atoms with Crippen LogP contribution in [0.1, 0.15) is 79.3 Å². The fourth-order valence-electron chi connectivity index (χ4n) is 4.89. The van der Waals surface area contributed by atoms with Gasteiger partial charge < -0.3 is 9.52 Å². The van der Waals surface area contributed by atoms with Crippen LogP contribution in [0.4, 0.5) is 0 Å². The van der Waals surface area contributed by atoms with Crippen LogP contribution >= 0.6 is 0 Å². The van der Waals surface area contributed by atoms with Gasteiger partial charge in [0.05, 0.1) is 11.9 Å². The Morgan fingerprint density at radius 1 is 1.23 bits per heavy atom. The summed E-state index contributed by atoms with van der Waals surface area (Å²) in [4.78, 5) is 13.0. The summed E-state index contributed by atoms with van der Waals surface area (Å²) in [6, 6.07) is 3.55. The molecule has 6 heteroatoms. The van der Waals surface area contributed by atoms with Crippen molar-refractivity contribution >= 4 is 15.6 Å². The zero-order valence-corrected chi connectivity index (χ0v) is 19.6. The summed E-state index contributed by atoms with van der Waals surface area (Å²) in [5.74, 6) is 0.151. The second-order valence-electron chi connectivity index (χ2n) is 9.89. The van der Waals surface area contributed by atoms with Gasteiger partial charge in [0.1, 0.15) is 5.75 Å². The Bertz CT molecular complexity index is 1110. The lowest BCUT2D eigenvalue weighted by atomic mass is 9.84. The number of fused-ring (bicyclic) bond motifs is 1. The van der Waals surface area contributed by atoms with E-state index in [0.717, 1.165) is 24.8 Å². The number of sulfone groups is 1. The van der Waals surface area contributed by atoms with Gasteiger partial charge in [0.25, 0.3) is 0 Å². The van der Waals surface area contributed by atoms with Crippen molar-refractivity contribution in [3.05, 3.63) is 51.8 Å². The molecule has 0 aliphatic heterocycles. The molecule has 0 saturated heterocycles. The minimum absolute atomic E-state index is 0.146. The predicted molar refractivity (Wildman–Crippen MR) is 119 cm³/mol. The highest BCUT2D eigenvalue weighted by atomic mass is 32.2. The Balaban J connectivity index is 1.60. The van der Waals surface area contributed by atoms with Crippen LogP contribution in [0.5, 0.6) is 0 Å². The fourth-order valence-corrected chi connectivity index (χ4v) is 6.06. The van der Waals surface area contributed by atoms with Crippen molar-refractivity contribution in [2.45, 2.75) is 82.8 Å². The quantitative estimate of drug-likeness (QED) is 0.652. The fraction of sp³-hybridized carbons (Fsp3) is 0.560. The smallest absolute Gasteiger partial charge is 0.218 e. The molecule has 1 saturated carbocycles. The van der Waals surface area contributed by atoms with Crippen LogP contribution in [0.2, 0.25) is 0 Å². The van der Waals surface area contributed by atoms with E-state index in [1.807, 2.05) is 0 Å². The summed E-state index contributed by atoms with van der Waals surface area (Å²) in [7, 11) is -3.91. The Hall–Kier alpha value is -1.92. The minimum atomic E-state index is -3.91. The van der Waals surface area contributed by atoms with Crippen molar-refractivity contribution < 1.29 is 22.7 Å². The van der Waals surface area contributed by atoms with Gasteiger partial charge in [-0.15, -0.1) is 0 Å². The monoisotopic (exact) mass is 444 g/mol. The average molecular weight is 445 g/mol. The number of aryl methyl sites for hydroxylation is 1. The molecule has 4 rings (SSSR count). The first-order valence-corrected chi connectivity index (χ1v) is 12.8. The molecule has 1 unspecified atom stereocenters. The molecule has 0 amide bonds. The number of aliphatic hydroxyl groups is 1. The molecule has 1 N–H and O–H groups in total. The van der Waals surface area contributed by atoms with E-state index in [4.69, 9.17) is 4.42 Å². The van der Waals surface area contributed by atoms with Gasteiger partial charge in [-0.2, -0.15) is 0 Å². The average Bonchev–Trinajstić information content (AvgIpc) is 3.17. The third kappa shape index (κ3) is 4.51. The number of rotatable bonds is 8. The second kappa shape index (κ2) is 7.89. The van der Waals surface area contributed by atoms with Crippen molar-refractivity contribution in [1.29, 1.82) is 0 Å². The maximum Gasteiger partial charge on any atom is 0.218 e. The molecule has 0 spiro atoms. The number of Topliss-reactive ketones (excluding diaryl/α,β-unsaturated/α-hetero) is 1. The molecular weight excluding hydrogens is 412 g/mol. The molecule has 0 radical (unpaired) electrons. The first-order valence-electron chi connectivity index (χ1n) is 11.2. The summed E-state index contributed by atoms with van der Waals surface area (Å²) in [5, 5.41) is 9.80. The highest BCUT2D eigenvalue weighted by Gasteiger charge is 2.33. The number of carbonyl (C=O) groups excluding carboxylic acids is 1. The van der Waals surface area contributed by atoms with Crippen molar-refractivity contribution in [2.75, 3.05) is 5.75 Å². The van der Waals surface area contributed by atoms with E-state index in [1.54, 1.807) is 13.8 Å². The van der Waals surface area contributed by atoms with Gasteiger partial charge in [-0.1, -0.05) is 13.0 Å². The maximum atomic E-state index is 13.0. The van der Waals surface area contributed by atoms with E-state index in [9.17, 15) is 18.3 Å². The lowest BCUT2D eigenvalue weighted by Gasteiger charge is -2.21. The van der Waals surface area contributed by atoms with Crippen LogP contribution in [-0.2, 0) is 39.5 Å². The van der Waals surface area contributed by atoms with Crippen LogP contribution in [-0.4, -0.2) is 25.1 Å². The van der Waals surface area contributed by atoms with Crippen LogP contribution in [0.3, 0.4) is 0 Å². The molecular formula is C25H32O5S. The molecule has 1 atom stereocenters. The molecule has 1 fully saturated rings. The molecule has 1 aromatic heterocycles. The van der Waals surface area contributed by atoms with Gasteiger partial charge in [-0.05, 0) is 92.5 Å². The number of carbonyl (C=O) groups is 1. The predicted octanol–water partition coefficient (Wildman–Crippen LogP) is 4.40. The first kappa shape index (κ1) is 22.3. The van der Waals surface area contributed by atoms with E-state index in [-0.39, 0.29) is 17.3 Å². The molecule has 2 aromatic rings. The summed E-state index contributed by atoms with van der Waals surface area (Å²) in [5.41, 5.74) is 5.37. The van der Waals surface area contributed by atoms with Crippen LogP contribution in [0.15, 0.2) is 27.9 Å². The molecule has 31 heavy (non-hydrogen) atoms. The Morgan fingerprint density at radius 3 is 2.52 bits per heavy atom. The summed E-state index contributed by atoms with van der Waals surface area (Å²) in [6.45, 7) is 7.50. The number of furan rings is 1. The van der Waals surface area contributed by atoms with Gasteiger partial charge >= 0.3 is 0 Å². The number of ketones is 1. The lowest BCUT2D eigenvalue weighted by Crippen LogP contribution is -2.20. The second-order valence-corrected chi connectivity index (χ2v) is 11.8. The lowest BCUT2D eigenvalue weighted by molar-refractivity contribution is -0.116. The van der Waals surface area contributed by atoms with E-state index >= 15 is 0 Å². The normalized spacial score (nSPS) is 17.6. The Labute approximate surface area is 184 Å². The molecule has 0 bridgehead atoms. The SMILES string of the molecule is Cc1cc(C(C)C2CC2)c(CC(=O)CS(=O)(=O)c2cc(C(C)(C)O)co2)c2c1CCC2. The topological polar surface area (TPSA) is 84.6 Å². The van der Waals surface area contributed by atoms with Crippen molar-refractivity contribution in [3.8, 4) is 0 Å². The molecule has 1 heterocycles. The van der Waals surface area contributed by atoms with Crippen LogP contribution in [0.25, 0.3) is 0 Å². The van der Waals surface area contributed by atoms with Gasteiger partial charge in [0.2, 0.25) is 14.9 Å². The van der Waals surface area contributed by atoms with Gasteiger partial charge in [-0.25, -0.2) is 8.42 Å². The van der Waals surface area contributed by atoms with Gasteiger partial charge in [-0.3, -0.25) is 4.79 Å². The third-order valence-corrected chi connectivity index (χ3v) is 8.44. The van der Waals surface area contributed by atoms with Gasteiger partial charge in [0, 0.05) is 18.1 Å². The minimum Gasteiger partial charge on any atom is -0.453 e. The number of hydrogen-bond acceptors (Lipinski definition) is 5. The zero-order valence-electron chi connectivity index (χ0n) is 18.8. The Morgan fingerprint density at radius 2 is 1.90 bits per heavy atom. The first-order chi connectivity index (χ1) is 14.5. The molecule has 2 aliphatic carbocycles. The van der Waals surface area contributed by atoms with Crippen LogP contribution in [0, 0.1) is 12.8 Å². The summed E-state index contributed by atoms with van der Waals surface area (Å²) < 4.78 is 30.8. The van der Waals surface area contributed by atoms with Gasteiger partial charge in [0.15, 0.2) is 5.78 Å². The highest BCUT2D eigenvalue weighted by molar-refractivity contribution is 7.92. The van der Waals surface area contributed by atoms with Crippen molar-refractivity contribution in [1.82, 2.24) is 0 Å². The van der Waals surface area contributed by atoms with Crippen molar-refractivity contribution in [2.24, 2.45) is 5.92 Å². The van der Waals surface area contributed by atoms with E-state index in [0.29, 0.717) is 17.4 Å². The molecule has 2 aliphatic rings. The number of benzene rings is 1. The maximum absolute atomic E-state index is 13.0. The standard InChI is InChI=1S/C25H32O5S/c1-15-10-22(16(2)17-8-9-17)23(21-7-5-6-20(15)21)12-19(26)14-31(28,29)24-11-18(13-30-24)25(3,4)27/h10-11,13,16-17,27H,5-9,12,14H2,1-4H3. The zero-order chi connectivity index (χ0) is 22.6. The van der Waals surface area contributed by atoms with Crippen LogP contribution < -0.4 is 0 Å². The van der Waals surface area contributed by atoms with E-state index in [1.165, 1.54) is 47.4 Å². The summed E-state index contributed by atoms with van der Waals surface area (Å²) in [6.07, 6.45) is 6.91. The van der Waals surface area contributed by atoms with E-state index < -0.39 is 21.2 Å². The summed E-state index contributed by atoms with van der Waals surface area (Å²) >= 11 is 0. The van der Waals surface area contributed by atoms with E-state index in [2.05, 4.69) is 19.9 Å². The molecule has 1 aromatic carbocycles. The molecule has 168 valence electrons. The molecule has 5 nitrogen and oxygen atoms in total.